The quantitative estimate of drug-likeness (QED) is 0.865. The van der Waals surface area contributed by atoms with Crippen LogP contribution in [0, 0.1) is 3.57 Å². The fourth-order valence-corrected chi connectivity index (χ4v) is 1.74. The summed E-state index contributed by atoms with van der Waals surface area (Å²) in [6.07, 6.45) is 2.99. The summed E-state index contributed by atoms with van der Waals surface area (Å²) in [7, 11) is 0. The van der Waals surface area contributed by atoms with Crippen LogP contribution in [0.3, 0.4) is 0 Å². The standard InChI is InChI=1S/C10H7IN2O2/c11-7-2-1-3-8(4-7)13-5-9(10(14)15)12-6-13/h1-6H,(H,14,15). The largest absolute Gasteiger partial charge is 0.476 e. The maximum absolute atomic E-state index is 10.6. The molecule has 2 aromatic rings. The summed E-state index contributed by atoms with van der Waals surface area (Å²) in [4.78, 5) is 14.4. The van der Waals surface area contributed by atoms with Crippen molar-refractivity contribution in [3.05, 3.63) is 46.1 Å². The van der Waals surface area contributed by atoms with Gasteiger partial charge in [0, 0.05) is 15.5 Å². The third-order valence-electron chi connectivity index (χ3n) is 1.91. The molecule has 0 aliphatic heterocycles. The first kappa shape index (κ1) is 10.2. The number of halogens is 1. The Hall–Kier alpha value is -1.37. The molecule has 0 unspecified atom stereocenters. The molecule has 15 heavy (non-hydrogen) atoms. The summed E-state index contributed by atoms with van der Waals surface area (Å²) in [6, 6.07) is 7.74. The first-order valence-corrected chi connectivity index (χ1v) is 5.28. The van der Waals surface area contributed by atoms with Gasteiger partial charge >= 0.3 is 5.97 Å². The number of benzene rings is 1. The minimum absolute atomic E-state index is 0.0499. The average molecular weight is 314 g/mol. The summed E-state index contributed by atoms with van der Waals surface area (Å²) in [5.41, 5.74) is 0.954. The summed E-state index contributed by atoms with van der Waals surface area (Å²) in [6.45, 7) is 0. The van der Waals surface area contributed by atoms with Gasteiger partial charge in [0.2, 0.25) is 0 Å². The Morgan fingerprint density at radius 2 is 2.27 bits per heavy atom. The summed E-state index contributed by atoms with van der Waals surface area (Å²) in [5, 5.41) is 8.72. The van der Waals surface area contributed by atoms with Crippen molar-refractivity contribution in [3.63, 3.8) is 0 Å². The minimum atomic E-state index is -1.01. The molecule has 0 radical (unpaired) electrons. The molecular formula is C10H7IN2O2. The van der Waals surface area contributed by atoms with Crippen LogP contribution in [0.4, 0.5) is 0 Å². The van der Waals surface area contributed by atoms with Crippen molar-refractivity contribution in [2.24, 2.45) is 0 Å². The number of carboxylic acid groups (broad SMARTS) is 1. The molecule has 0 amide bonds. The first-order chi connectivity index (χ1) is 7.16. The lowest BCUT2D eigenvalue weighted by Gasteiger charge is -2.01. The lowest BCUT2D eigenvalue weighted by atomic mass is 10.3. The third kappa shape index (κ3) is 2.17. The van der Waals surface area contributed by atoms with E-state index in [-0.39, 0.29) is 5.69 Å². The van der Waals surface area contributed by atoms with Gasteiger partial charge in [0.1, 0.15) is 6.33 Å². The van der Waals surface area contributed by atoms with E-state index < -0.39 is 5.97 Å². The normalized spacial score (nSPS) is 10.2. The fraction of sp³-hybridized carbons (Fsp3) is 0. The Morgan fingerprint density at radius 3 is 2.87 bits per heavy atom. The number of hydrogen-bond acceptors (Lipinski definition) is 2. The van der Waals surface area contributed by atoms with Crippen molar-refractivity contribution in [2.45, 2.75) is 0 Å². The second-order valence-corrected chi connectivity index (χ2v) is 4.20. The molecule has 0 aliphatic rings. The van der Waals surface area contributed by atoms with Gasteiger partial charge in [-0.2, -0.15) is 0 Å². The van der Waals surface area contributed by atoms with Crippen LogP contribution in [0.2, 0.25) is 0 Å². The van der Waals surface area contributed by atoms with Gasteiger partial charge in [0.15, 0.2) is 5.69 Å². The van der Waals surface area contributed by atoms with E-state index in [2.05, 4.69) is 27.6 Å². The van der Waals surface area contributed by atoms with E-state index in [1.165, 1.54) is 12.5 Å². The molecule has 1 N–H and O–H groups in total. The summed E-state index contributed by atoms with van der Waals surface area (Å²) < 4.78 is 2.78. The predicted octanol–water partition coefficient (Wildman–Crippen LogP) is 2.18. The van der Waals surface area contributed by atoms with Gasteiger partial charge in [0.25, 0.3) is 0 Å². The van der Waals surface area contributed by atoms with E-state index in [1.54, 1.807) is 4.57 Å². The number of hydrogen-bond donors (Lipinski definition) is 1. The number of imidazole rings is 1. The van der Waals surface area contributed by atoms with Crippen LogP contribution in [-0.2, 0) is 0 Å². The van der Waals surface area contributed by atoms with Crippen LogP contribution in [0.1, 0.15) is 10.5 Å². The van der Waals surface area contributed by atoms with Gasteiger partial charge in [0.05, 0.1) is 0 Å². The predicted molar refractivity (Wildman–Crippen MR) is 63.2 cm³/mol. The molecular weight excluding hydrogens is 307 g/mol. The first-order valence-electron chi connectivity index (χ1n) is 4.20. The van der Waals surface area contributed by atoms with Gasteiger partial charge in [-0.15, -0.1) is 0 Å². The van der Waals surface area contributed by atoms with E-state index in [9.17, 15) is 4.79 Å². The van der Waals surface area contributed by atoms with Crippen molar-refractivity contribution in [1.29, 1.82) is 0 Å². The van der Waals surface area contributed by atoms with Crippen LogP contribution >= 0.6 is 22.6 Å². The molecule has 5 heteroatoms. The van der Waals surface area contributed by atoms with Crippen LogP contribution in [0.15, 0.2) is 36.8 Å². The van der Waals surface area contributed by atoms with Gasteiger partial charge in [-0.1, -0.05) is 6.07 Å². The number of rotatable bonds is 2. The molecule has 2 rings (SSSR count). The van der Waals surface area contributed by atoms with Crippen LogP contribution in [0.25, 0.3) is 5.69 Å². The van der Waals surface area contributed by atoms with Gasteiger partial charge in [-0.25, -0.2) is 9.78 Å². The minimum Gasteiger partial charge on any atom is -0.476 e. The number of nitrogens with zero attached hydrogens (tertiary/aromatic N) is 2. The van der Waals surface area contributed by atoms with Crippen molar-refractivity contribution in [2.75, 3.05) is 0 Å². The van der Waals surface area contributed by atoms with Gasteiger partial charge < -0.3 is 9.67 Å². The summed E-state index contributed by atoms with van der Waals surface area (Å²) in [5.74, 6) is -1.01. The molecule has 0 spiro atoms. The van der Waals surface area contributed by atoms with Crippen LogP contribution in [0.5, 0.6) is 0 Å². The topological polar surface area (TPSA) is 55.1 Å². The highest BCUT2D eigenvalue weighted by Gasteiger charge is 2.07. The molecule has 1 aromatic carbocycles. The van der Waals surface area contributed by atoms with Gasteiger partial charge in [-0.05, 0) is 40.8 Å². The highest BCUT2D eigenvalue weighted by molar-refractivity contribution is 14.1. The number of carbonyl (C=O) groups is 1. The Morgan fingerprint density at radius 1 is 1.47 bits per heavy atom. The Kier molecular flexibility index (Phi) is 2.72. The van der Waals surface area contributed by atoms with Crippen molar-refractivity contribution in [1.82, 2.24) is 9.55 Å². The number of carboxylic acids is 1. The smallest absolute Gasteiger partial charge is 0.356 e. The van der Waals surface area contributed by atoms with E-state index in [4.69, 9.17) is 5.11 Å². The molecule has 1 aromatic heterocycles. The average Bonchev–Trinajstić information content (AvgIpc) is 2.66. The molecule has 0 aliphatic carbocycles. The molecule has 4 nitrogen and oxygen atoms in total. The molecule has 0 fully saturated rings. The second kappa shape index (κ2) is 4.01. The SMILES string of the molecule is O=C(O)c1cn(-c2cccc(I)c2)cn1. The Labute approximate surface area is 99.7 Å². The zero-order valence-corrected chi connectivity index (χ0v) is 9.75. The lowest BCUT2D eigenvalue weighted by Crippen LogP contribution is -1.95. The van der Waals surface area contributed by atoms with Crippen molar-refractivity contribution in [3.8, 4) is 5.69 Å². The monoisotopic (exact) mass is 314 g/mol. The molecule has 0 bridgehead atoms. The Bertz CT molecular complexity index is 508. The second-order valence-electron chi connectivity index (χ2n) is 2.95. The van der Waals surface area contributed by atoms with E-state index >= 15 is 0 Å². The lowest BCUT2D eigenvalue weighted by molar-refractivity contribution is 0.0691. The third-order valence-corrected chi connectivity index (χ3v) is 2.58. The zero-order chi connectivity index (χ0) is 10.8. The maximum Gasteiger partial charge on any atom is 0.356 e. The zero-order valence-electron chi connectivity index (χ0n) is 7.59. The molecule has 76 valence electrons. The fourth-order valence-electron chi connectivity index (χ4n) is 1.21. The van der Waals surface area contributed by atoms with E-state index in [0.29, 0.717) is 0 Å². The molecule has 1 heterocycles. The van der Waals surface area contributed by atoms with Crippen LogP contribution in [-0.4, -0.2) is 20.6 Å². The van der Waals surface area contributed by atoms with Gasteiger partial charge in [-0.3, -0.25) is 0 Å². The molecule has 0 saturated carbocycles. The molecule has 0 atom stereocenters. The highest BCUT2D eigenvalue weighted by Crippen LogP contribution is 2.12. The summed E-state index contributed by atoms with van der Waals surface area (Å²) >= 11 is 2.20. The molecule has 0 saturated heterocycles. The van der Waals surface area contributed by atoms with E-state index in [0.717, 1.165) is 9.26 Å². The van der Waals surface area contributed by atoms with E-state index in [1.807, 2.05) is 24.3 Å². The highest BCUT2D eigenvalue weighted by atomic mass is 127. The van der Waals surface area contributed by atoms with Crippen molar-refractivity contribution < 1.29 is 9.90 Å². The van der Waals surface area contributed by atoms with Crippen molar-refractivity contribution >= 4 is 28.6 Å². The van der Waals surface area contributed by atoms with Crippen LogP contribution < -0.4 is 0 Å². The number of aromatic nitrogens is 2. The number of aromatic carboxylic acids is 1. The Balaban J connectivity index is 2.41. The maximum atomic E-state index is 10.6.